The fourth-order valence-corrected chi connectivity index (χ4v) is 1.85. The van der Waals surface area contributed by atoms with Crippen LogP contribution in [-0.4, -0.2) is 9.97 Å². The second-order valence-corrected chi connectivity index (χ2v) is 4.35. The number of hydrogen-bond donors (Lipinski definition) is 3. The SMILES string of the molecule is Cc1ccc(Nc2cc(=O)[nH]c(=S)[nH]2)c(C)c1. The van der Waals surface area contributed by atoms with Gasteiger partial charge in [-0.05, 0) is 37.7 Å². The summed E-state index contributed by atoms with van der Waals surface area (Å²) in [4.78, 5) is 16.6. The van der Waals surface area contributed by atoms with E-state index in [4.69, 9.17) is 12.2 Å². The fourth-order valence-electron chi connectivity index (χ4n) is 1.63. The summed E-state index contributed by atoms with van der Waals surface area (Å²) >= 11 is 4.91. The minimum absolute atomic E-state index is 0.221. The van der Waals surface area contributed by atoms with Crippen LogP contribution in [0, 0.1) is 18.6 Å². The predicted molar refractivity (Wildman–Crippen MR) is 71.4 cm³/mol. The van der Waals surface area contributed by atoms with Crippen LogP contribution in [0.4, 0.5) is 11.5 Å². The number of aryl methyl sites for hydroxylation is 2. The molecule has 0 aliphatic rings. The van der Waals surface area contributed by atoms with E-state index in [1.165, 1.54) is 11.6 Å². The third-order valence-corrected chi connectivity index (χ3v) is 2.62. The quantitative estimate of drug-likeness (QED) is 0.715. The van der Waals surface area contributed by atoms with Crippen molar-refractivity contribution < 1.29 is 0 Å². The van der Waals surface area contributed by atoms with Crippen molar-refractivity contribution in [3.05, 3.63) is 50.5 Å². The predicted octanol–water partition coefficient (Wildman–Crippen LogP) is 2.79. The van der Waals surface area contributed by atoms with Gasteiger partial charge in [0.2, 0.25) is 0 Å². The Morgan fingerprint density at radius 2 is 1.94 bits per heavy atom. The fraction of sp³-hybridized carbons (Fsp3) is 0.167. The van der Waals surface area contributed by atoms with Crippen LogP contribution in [0.5, 0.6) is 0 Å². The van der Waals surface area contributed by atoms with E-state index in [-0.39, 0.29) is 5.56 Å². The van der Waals surface area contributed by atoms with Crippen LogP contribution in [0.1, 0.15) is 11.1 Å². The van der Waals surface area contributed by atoms with E-state index in [0.717, 1.165) is 11.3 Å². The Balaban J connectivity index is 2.37. The molecule has 0 atom stereocenters. The van der Waals surface area contributed by atoms with Crippen LogP contribution in [0.25, 0.3) is 0 Å². The molecule has 0 saturated heterocycles. The Kier molecular flexibility index (Phi) is 3.10. The summed E-state index contributed by atoms with van der Waals surface area (Å²) in [5.74, 6) is 0.589. The second-order valence-electron chi connectivity index (χ2n) is 3.94. The summed E-state index contributed by atoms with van der Waals surface area (Å²) in [5.41, 5.74) is 3.05. The first-order valence-electron chi connectivity index (χ1n) is 5.22. The zero-order valence-electron chi connectivity index (χ0n) is 9.63. The Hall–Kier alpha value is -1.88. The molecule has 2 aromatic rings. The maximum atomic E-state index is 11.3. The Morgan fingerprint density at radius 1 is 1.18 bits per heavy atom. The number of nitrogens with one attached hydrogen (secondary N) is 3. The smallest absolute Gasteiger partial charge is 0.253 e. The van der Waals surface area contributed by atoms with E-state index in [0.29, 0.717) is 10.6 Å². The first-order chi connectivity index (χ1) is 8.04. The Bertz CT molecular complexity index is 629. The van der Waals surface area contributed by atoms with E-state index < -0.39 is 0 Å². The van der Waals surface area contributed by atoms with Crippen LogP contribution in [0.2, 0.25) is 0 Å². The number of aromatic nitrogens is 2. The molecule has 0 fully saturated rings. The van der Waals surface area contributed by atoms with Gasteiger partial charge in [-0.25, -0.2) is 0 Å². The first kappa shape index (κ1) is 11.6. The van der Waals surface area contributed by atoms with Crippen molar-refractivity contribution in [2.75, 3.05) is 5.32 Å². The zero-order valence-corrected chi connectivity index (χ0v) is 10.4. The highest BCUT2D eigenvalue weighted by Gasteiger charge is 2.00. The molecule has 0 aliphatic carbocycles. The average Bonchev–Trinajstić information content (AvgIpc) is 2.21. The number of hydrogen-bond acceptors (Lipinski definition) is 3. The topological polar surface area (TPSA) is 60.7 Å². The molecule has 1 heterocycles. The summed E-state index contributed by atoms with van der Waals surface area (Å²) < 4.78 is 0.310. The normalized spacial score (nSPS) is 10.2. The Morgan fingerprint density at radius 3 is 2.59 bits per heavy atom. The van der Waals surface area contributed by atoms with Gasteiger partial charge in [0.15, 0.2) is 4.77 Å². The molecular weight excluding hydrogens is 234 g/mol. The molecule has 17 heavy (non-hydrogen) atoms. The van der Waals surface area contributed by atoms with Crippen LogP contribution < -0.4 is 10.9 Å². The number of benzene rings is 1. The van der Waals surface area contributed by atoms with Gasteiger partial charge in [0.05, 0.1) is 0 Å². The van der Waals surface area contributed by atoms with Crippen LogP contribution in [-0.2, 0) is 0 Å². The lowest BCUT2D eigenvalue weighted by Gasteiger charge is -2.09. The van der Waals surface area contributed by atoms with Gasteiger partial charge < -0.3 is 10.3 Å². The van der Waals surface area contributed by atoms with Crippen LogP contribution >= 0.6 is 12.2 Å². The molecule has 0 amide bonds. The summed E-state index contributed by atoms with van der Waals surface area (Å²) in [5, 5.41) is 3.14. The zero-order chi connectivity index (χ0) is 12.4. The third kappa shape index (κ3) is 2.82. The maximum Gasteiger partial charge on any atom is 0.253 e. The summed E-state index contributed by atoms with van der Waals surface area (Å²) in [6.07, 6.45) is 0. The summed E-state index contributed by atoms with van der Waals surface area (Å²) in [6, 6.07) is 7.50. The molecule has 0 unspecified atom stereocenters. The van der Waals surface area contributed by atoms with Gasteiger partial charge in [-0.1, -0.05) is 17.7 Å². The number of aromatic amines is 2. The first-order valence-corrected chi connectivity index (χ1v) is 5.63. The molecule has 1 aromatic carbocycles. The molecule has 0 spiro atoms. The lowest BCUT2D eigenvalue weighted by Crippen LogP contribution is -2.08. The standard InChI is InChI=1S/C12H13N3OS/c1-7-3-4-9(8(2)5-7)13-10-6-11(16)15-12(17)14-10/h3-6H,1-2H3,(H3,13,14,15,16,17). The van der Waals surface area contributed by atoms with Gasteiger partial charge in [0.25, 0.3) is 5.56 Å². The molecule has 3 N–H and O–H groups in total. The molecule has 4 nitrogen and oxygen atoms in total. The highest BCUT2D eigenvalue weighted by molar-refractivity contribution is 7.71. The number of H-pyrrole nitrogens is 2. The molecule has 5 heteroatoms. The lowest BCUT2D eigenvalue weighted by molar-refractivity contribution is 1.09. The minimum Gasteiger partial charge on any atom is -0.341 e. The van der Waals surface area contributed by atoms with Crippen LogP contribution in [0.15, 0.2) is 29.1 Å². The van der Waals surface area contributed by atoms with E-state index in [1.54, 1.807) is 0 Å². The molecule has 2 rings (SSSR count). The molecular formula is C12H13N3OS. The summed E-state index contributed by atoms with van der Waals surface area (Å²) in [6.45, 7) is 4.05. The molecule has 88 valence electrons. The largest absolute Gasteiger partial charge is 0.341 e. The van der Waals surface area contributed by atoms with Gasteiger partial charge in [0, 0.05) is 11.8 Å². The highest BCUT2D eigenvalue weighted by Crippen LogP contribution is 2.19. The number of anilines is 2. The van der Waals surface area contributed by atoms with Crippen molar-refractivity contribution in [3.8, 4) is 0 Å². The van der Waals surface area contributed by atoms with E-state index >= 15 is 0 Å². The highest BCUT2D eigenvalue weighted by atomic mass is 32.1. The van der Waals surface area contributed by atoms with Crippen molar-refractivity contribution >= 4 is 23.7 Å². The van der Waals surface area contributed by atoms with Gasteiger partial charge in [0.1, 0.15) is 5.82 Å². The number of rotatable bonds is 2. The van der Waals surface area contributed by atoms with E-state index in [1.807, 2.05) is 26.0 Å². The van der Waals surface area contributed by atoms with E-state index in [9.17, 15) is 4.79 Å². The van der Waals surface area contributed by atoms with Crippen molar-refractivity contribution in [1.29, 1.82) is 0 Å². The van der Waals surface area contributed by atoms with Crippen molar-refractivity contribution in [2.45, 2.75) is 13.8 Å². The van der Waals surface area contributed by atoms with Crippen molar-refractivity contribution in [3.63, 3.8) is 0 Å². The molecule has 1 aromatic heterocycles. The lowest BCUT2D eigenvalue weighted by atomic mass is 10.1. The van der Waals surface area contributed by atoms with Gasteiger partial charge in [-0.15, -0.1) is 0 Å². The second kappa shape index (κ2) is 4.55. The average molecular weight is 247 g/mol. The van der Waals surface area contributed by atoms with E-state index in [2.05, 4.69) is 21.4 Å². The van der Waals surface area contributed by atoms with Crippen LogP contribution in [0.3, 0.4) is 0 Å². The molecule has 0 saturated carbocycles. The molecule has 0 aliphatic heterocycles. The van der Waals surface area contributed by atoms with Gasteiger partial charge in [-0.3, -0.25) is 9.78 Å². The third-order valence-electron chi connectivity index (χ3n) is 2.41. The summed E-state index contributed by atoms with van der Waals surface area (Å²) in [7, 11) is 0. The molecule has 0 radical (unpaired) electrons. The van der Waals surface area contributed by atoms with Gasteiger partial charge in [-0.2, -0.15) is 0 Å². The molecule has 0 bridgehead atoms. The minimum atomic E-state index is -0.221. The Labute approximate surface area is 104 Å². The van der Waals surface area contributed by atoms with Crippen molar-refractivity contribution in [1.82, 2.24) is 9.97 Å². The van der Waals surface area contributed by atoms with Gasteiger partial charge >= 0.3 is 0 Å². The van der Waals surface area contributed by atoms with Crippen molar-refractivity contribution in [2.24, 2.45) is 0 Å². The maximum absolute atomic E-state index is 11.3. The monoisotopic (exact) mass is 247 g/mol.